The van der Waals surface area contributed by atoms with Crippen LogP contribution in [0.15, 0.2) is 47.0 Å². The van der Waals surface area contributed by atoms with Crippen molar-refractivity contribution < 1.29 is 14.1 Å². The van der Waals surface area contributed by atoms with Crippen molar-refractivity contribution in [3.63, 3.8) is 0 Å². The van der Waals surface area contributed by atoms with Crippen LogP contribution in [0.5, 0.6) is 5.75 Å². The molecule has 1 amide bonds. The zero-order chi connectivity index (χ0) is 17.1. The summed E-state index contributed by atoms with van der Waals surface area (Å²) in [5.41, 5.74) is 6.13. The Balaban J connectivity index is 1.77. The van der Waals surface area contributed by atoms with E-state index in [1.165, 1.54) is 6.07 Å². The maximum Gasteiger partial charge on any atom is 0.264 e. The zero-order valence-electron chi connectivity index (χ0n) is 12.2. The van der Waals surface area contributed by atoms with Crippen molar-refractivity contribution in [2.75, 3.05) is 0 Å². The molecule has 0 bridgehead atoms. The van der Waals surface area contributed by atoms with Crippen molar-refractivity contribution in [3.05, 3.63) is 64.0 Å². The fraction of sp³-hybridized carbons (Fsp3) is 0.0625. The third-order valence-electron chi connectivity index (χ3n) is 3.14. The van der Waals surface area contributed by atoms with Crippen LogP contribution in [-0.4, -0.2) is 16.0 Å². The summed E-state index contributed by atoms with van der Waals surface area (Å²) in [6, 6.07) is 11.7. The number of carbonyl (C=O) groups excluding carboxylic acids is 1. The highest BCUT2D eigenvalue weighted by molar-refractivity contribution is 6.33. The van der Waals surface area contributed by atoms with Gasteiger partial charge in [0.2, 0.25) is 5.82 Å². The molecule has 3 aromatic rings. The number of hydrogen-bond acceptors (Lipinski definition) is 5. The highest BCUT2D eigenvalue weighted by atomic mass is 35.5. The monoisotopic (exact) mass is 363 g/mol. The van der Waals surface area contributed by atoms with Gasteiger partial charge in [-0.1, -0.05) is 40.5 Å². The van der Waals surface area contributed by atoms with E-state index in [0.29, 0.717) is 21.4 Å². The van der Waals surface area contributed by atoms with Crippen LogP contribution in [0.1, 0.15) is 16.2 Å². The molecule has 0 fully saturated rings. The minimum atomic E-state index is -0.644. The van der Waals surface area contributed by atoms with Crippen molar-refractivity contribution in [1.82, 2.24) is 10.1 Å². The minimum absolute atomic E-state index is 0.0284. The van der Waals surface area contributed by atoms with E-state index >= 15 is 0 Å². The number of aromatic nitrogens is 2. The lowest BCUT2D eigenvalue weighted by molar-refractivity contribution is 0.0995. The Hall–Kier alpha value is -2.57. The van der Waals surface area contributed by atoms with Gasteiger partial charge >= 0.3 is 0 Å². The van der Waals surface area contributed by atoms with Crippen molar-refractivity contribution in [2.45, 2.75) is 6.61 Å². The molecule has 0 radical (unpaired) electrons. The number of nitrogens with zero attached hydrogens (tertiary/aromatic N) is 2. The second-order valence-electron chi connectivity index (χ2n) is 4.78. The van der Waals surface area contributed by atoms with E-state index in [9.17, 15) is 4.79 Å². The molecule has 1 aromatic heterocycles. The predicted octanol–water partition coefficient (Wildman–Crippen LogP) is 3.72. The fourth-order valence-corrected chi connectivity index (χ4v) is 2.42. The van der Waals surface area contributed by atoms with E-state index in [4.69, 9.17) is 38.2 Å². The summed E-state index contributed by atoms with van der Waals surface area (Å²) in [4.78, 5) is 15.6. The first-order valence-electron chi connectivity index (χ1n) is 6.84. The summed E-state index contributed by atoms with van der Waals surface area (Å²) in [5.74, 6) is 0.222. The highest BCUT2D eigenvalue weighted by Crippen LogP contribution is 2.26. The molecule has 0 saturated carbocycles. The Labute approximate surface area is 147 Å². The summed E-state index contributed by atoms with van der Waals surface area (Å²) >= 11 is 11.9. The first kappa shape index (κ1) is 16.3. The first-order chi connectivity index (χ1) is 11.5. The van der Waals surface area contributed by atoms with Gasteiger partial charge in [0.1, 0.15) is 5.75 Å². The average molecular weight is 364 g/mol. The molecule has 0 spiro atoms. The van der Waals surface area contributed by atoms with Gasteiger partial charge in [-0.25, -0.2) is 0 Å². The van der Waals surface area contributed by atoms with E-state index in [1.54, 1.807) is 24.3 Å². The predicted molar refractivity (Wildman–Crippen MR) is 89.0 cm³/mol. The Morgan fingerprint density at radius 2 is 2.00 bits per heavy atom. The van der Waals surface area contributed by atoms with Crippen LogP contribution in [0.4, 0.5) is 0 Å². The molecule has 24 heavy (non-hydrogen) atoms. The van der Waals surface area contributed by atoms with Crippen LogP contribution in [0, 0.1) is 0 Å². The third kappa shape index (κ3) is 3.50. The number of hydrogen-bond donors (Lipinski definition) is 1. The second-order valence-corrected chi connectivity index (χ2v) is 5.63. The number of carbonyl (C=O) groups is 1. The number of primary amides is 1. The van der Waals surface area contributed by atoms with Gasteiger partial charge in [-0.15, -0.1) is 0 Å². The summed E-state index contributed by atoms with van der Waals surface area (Å²) < 4.78 is 10.7. The summed E-state index contributed by atoms with van der Waals surface area (Å²) in [6.07, 6.45) is 0. The van der Waals surface area contributed by atoms with Crippen molar-refractivity contribution >= 4 is 29.1 Å². The smallest absolute Gasteiger partial charge is 0.264 e. The molecule has 1 heterocycles. The molecular formula is C16H11Cl2N3O3. The van der Waals surface area contributed by atoms with Crippen LogP contribution in [0.2, 0.25) is 10.0 Å². The number of benzene rings is 2. The molecular weight excluding hydrogens is 353 g/mol. The lowest BCUT2D eigenvalue weighted by Gasteiger charge is -2.07. The number of amides is 1. The van der Waals surface area contributed by atoms with Gasteiger partial charge < -0.3 is 15.0 Å². The number of halogens is 2. The fourth-order valence-electron chi connectivity index (χ4n) is 2.03. The molecule has 122 valence electrons. The van der Waals surface area contributed by atoms with Gasteiger partial charge in [0.15, 0.2) is 6.61 Å². The Kier molecular flexibility index (Phi) is 4.69. The lowest BCUT2D eigenvalue weighted by atomic mass is 10.2. The third-order valence-corrected chi connectivity index (χ3v) is 3.71. The second kappa shape index (κ2) is 6.90. The van der Waals surface area contributed by atoms with E-state index in [2.05, 4.69) is 10.1 Å². The maximum absolute atomic E-state index is 11.4. The van der Waals surface area contributed by atoms with Gasteiger partial charge in [-0.3, -0.25) is 4.79 Å². The van der Waals surface area contributed by atoms with E-state index in [1.807, 2.05) is 12.1 Å². The largest absolute Gasteiger partial charge is 0.483 e. The van der Waals surface area contributed by atoms with Crippen LogP contribution < -0.4 is 10.5 Å². The van der Waals surface area contributed by atoms with E-state index < -0.39 is 5.91 Å². The molecule has 0 saturated heterocycles. The summed E-state index contributed by atoms with van der Waals surface area (Å²) in [6.45, 7) is -0.0284. The molecule has 0 aliphatic rings. The Morgan fingerprint density at radius 3 is 2.75 bits per heavy atom. The molecule has 2 N–H and O–H groups in total. The highest BCUT2D eigenvalue weighted by Gasteiger charge is 2.14. The number of ether oxygens (including phenoxy) is 1. The zero-order valence-corrected chi connectivity index (χ0v) is 13.7. The molecule has 0 unspecified atom stereocenters. The van der Waals surface area contributed by atoms with Crippen molar-refractivity contribution in [2.24, 2.45) is 5.73 Å². The normalized spacial score (nSPS) is 10.6. The van der Waals surface area contributed by atoms with Gasteiger partial charge in [-0.05, 0) is 30.3 Å². The molecule has 0 aliphatic heterocycles. The average Bonchev–Trinajstić information content (AvgIpc) is 3.02. The number of nitrogens with two attached hydrogens (primary N) is 1. The first-order valence-corrected chi connectivity index (χ1v) is 7.60. The Morgan fingerprint density at radius 1 is 1.21 bits per heavy atom. The van der Waals surface area contributed by atoms with Crippen LogP contribution >= 0.6 is 23.2 Å². The molecule has 2 aromatic carbocycles. The quantitative estimate of drug-likeness (QED) is 0.745. The van der Waals surface area contributed by atoms with Crippen molar-refractivity contribution in [3.8, 4) is 17.1 Å². The van der Waals surface area contributed by atoms with Crippen molar-refractivity contribution in [1.29, 1.82) is 0 Å². The van der Waals surface area contributed by atoms with Crippen LogP contribution in [-0.2, 0) is 6.61 Å². The standard InChI is InChI=1S/C16H11Cl2N3O3/c17-9-5-6-13(11(7-9)15(19)22)23-8-14-20-16(21-24-14)10-3-1-2-4-12(10)18/h1-7H,8H2,(H2,19,22). The van der Waals surface area contributed by atoms with Crippen LogP contribution in [0.3, 0.4) is 0 Å². The maximum atomic E-state index is 11.4. The SMILES string of the molecule is NC(=O)c1cc(Cl)ccc1OCc1nc(-c2ccccc2Cl)no1. The minimum Gasteiger partial charge on any atom is -0.483 e. The molecule has 3 rings (SSSR count). The van der Waals surface area contributed by atoms with E-state index in [-0.39, 0.29) is 23.8 Å². The molecule has 0 aliphatic carbocycles. The lowest BCUT2D eigenvalue weighted by Crippen LogP contribution is -2.13. The summed E-state index contributed by atoms with van der Waals surface area (Å²) in [5, 5.41) is 4.77. The Bertz CT molecular complexity index is 896. The van der Waals surface area contributed by atoms with E-state index in [0.717, 1.165) is 0 Å². The van der Waals surface area contributed by atoms with Gasteiger partial charge in [0.05, 0.1) is 10.6 Å². The van der Waals surface area contributed by atoms with Gasteiger partial charge in [0, 0.05) is 10.6 Å². The summed E-state index contributed by atoms with van der Waals surface area (Å²) in [7, 11) is 0. The topological polar surface area (TPSA) is 91.2 Å². The van der Waals surface area contributed by atoms with Crippen LogP contribution in [0.25, 0.3) is 11.4 Å². The molecule has 8 heteroatoms. The molecule has 0 atom stereocenters. The van der Waals surface area contributed by atoms with Gasteiger partial charge in [-0.2, -0.15) is 4.98 Å². The molecule has 6 nitrogen and oxygen atoms in total. The van der Waals surface area contributed by atoms with Gasteiger partial charge in [0.25, 0.3) is 11.8 Å². The number of rotatable bonds is 5.